The minimum absolute atomic E-state index is 0.00339. The molecule has 0 fully saturated rings. The molecule has 0 unspecified atom stereocenters. The molecule has 0 atom stereocenters. The number of benzene rings is 3. The monoisotopic (exact) mass is 435 g/mol. The molecule has 6 heteroatoms. The average molecular weight is 436 g/mol. The first-order valence-electron chi connectivity index (χ1n) is 10.3. The van der Waals surface area contributed by atoms with E-state index in [-0.39, 0.29) is 18.3 Å². The van der Waals surface area contributed by atoms with Gasteiger partial charge in [-0.25, -0.2) is 9.37 Å². The van der Waals surface area contributed by atoms with Crippen LogP contribution in [0.15, 0.2) is 72.8 Å². The standard InChI is InChI=1S/C25H23ClFN3O/c26-20-9-6-10-21(27)19(20)17-30-23-12-5-4-11-22(23)29-24(30)15-16-28-25(31)14-13-18-7-2-1-3-8-18/h1-12H,13-17H2,(H,28,31). The van der Waals surface area contributed by atoms with Crippen LogP contribution in [-0.2, 0) is 24.2 Å². The van der Waals surface area contributed by atoms with E-state index in [1.807, 2.05) is 59.2 Å². The van der Waals surface area contributed by atoms with Gasteiger partial charge in [-0.05, 0) is 36.2 Å². The molecule has 1 amide bonds. The number of aromatic nitrogens is 2. The highest BCUT2D eigenvalue weighted by Gasteiger charge is 2.15. The van der Waals surface area contributed by atoms with Gasteiger partial charge in [0.15, 0.2) is 0 Å². The fourth-order valence-corrected chi connectivity index (χ4v) is 3.86. The molecule has 1 aromatic heterocycles. The molecule has 0 aliphatic heterocycles. The second kappa shape index (κ2) is 9.75. The Hall–Kier alpha value is -3.18. The van der Waals surface area contributed by atoms with Gasteiger partial charge in [-0.3, -0.25) is 4.79 Å². The number of halogens is 2. The summed E-state index contributed by atoms with van der Waals surface area (Å²) in [5, 5.41) is 3.35. The van der Waals surface area contributed by atoms with Crippen LogP contribution in [0, 0.1) is 5.82 Å². The number of imidazole rings is 1. The van der Waals surface area contributed by atoms with Crippen LogP contribution in [0.4, 0.5) is 4.39 Å². The number of nitrogens with zero attached hydrogens (tertiary/aromatic N) is 2. The number of hydrogen-bond acceptors (Lipinski definition) is 2. The highest BCUT2D eigenvalue weighted by Crippen LogP contribution is 2.24. The molecule has 3 aromatic carbocycles. The van der Waals surface area contributed by atoms with Crippen molar-refractivity contribution in [2.24, 2.45) is 0 Å². The second-order valence-electron chi connectivity index (χ2n) is 7.39. The summed E-state index contributed by atoms with van der Waals surface area (Å²) >= 11 is 6.25. The van der Waals surface area contributed by atoms with E-state index in [0.717, 1.165) is 22.4 Å². The molecule has 1 heterocycles. The number of nitrogens with one attached hydrogen (secondary N) is 1. The van der Waals surface area contributed by atoms with Crippen molar-refractivity contribution in [1.29, 1.82) is 0 Å². The van der Waals surface area contributed by atoms with E-state index >= 15 is 0 Å². The van der Waals surface area contributed by atoms with Crippen LogP contribution >= 0.6 is 11.6 Å². The molecule has 4 nitrogen and oxygen atoms in total. The van der Waals surface area contributed by atoms with Gasteiger partial charge in [0.05, 0.1) is 17.6 Å². The topological polar surface area (TPSA) is 46.9 Å². The van der Waals surface area contributed by atoms with E-state index in [1.54, 1.807) is 12.1 Å². The molecule has 0 saturated heterocycles. The number of aryl methyl sites for hydroxylation is 1. The molecule has 4 aromatic rings. The maximum atomic E-state index is 14.4. The second-order valence-corrected chi connectivity index (χ2v) is 7.80. The summed E-state index contributed by atoms with van der Waals surface area (Å²) in [5.74, 6) is 0.443. The van der Waals surface area contributed by atoms with Crippen molar-refractivity contribution in [3.8, 4) is 0 Å². The predicted octanol–water partition coefficient (Wildman–Crippen LogP) is 5.17. The van der Waals surface area contributed by atoms with Gasteiger partial charge in [0.25, 0.3) is 0 Å². The van der Waals surface area contributed by atoms with Crippen LogP contribution in [0.1, 0.15) is 23.4 Å². The lowest BCUT2D eigenvalue weighted by atomic mass is 10.1. The zero-order chi connectivity index (χ0) is 21.6. The minimum Gasteiger partial charge on any atom is -0.356 e. The Morgan fingerprint density at radius 2 is 1.74 bits per heavy atom. The summed E-state index contributed by atoms with van der Waals surface area (Å²) in [4.78, 5) is 16.9. The van der Waals surface area contributed by atoms with Crippen molar-refractivity contribution >= 4 is 28.5 Å². The van der Waals surface area contributed by atoms with Crippen LogP contribution < -0.4 is 5.32 Å². The van der Waals surface area contributed by atoms with Crippen molar-refractivity contribution in [1.82, 2.24) is 14.9 Å². The number of fused-ring (bicyclic) bond motifs is 1. The van der Waals surface area contributed by atoms with Crippen LogP contribution in [0.3, 0.4) is 0 Å². The molecular formula is C25H23ClFN3O. The quantitative estimate of drug-likeness (QED) is 0.415. The minimum atomic E-state index is -0.342. The number of hydrogen-bond donors (Lipinski definition) is 1. The molecule has 1 N–H and O–H groups in total. The normalized spacial score (nSPS) is 11.0. The first-order valence-corrected chi connectivity index (χ1v) is 10.7. The van der Waals surface area contributed by atoms with E-state index in [0.29, 0.717) is 36.4 Å². The molecule has 0 aliphatic carbocycles. The Kier molecular flexibility index (Phi) is 6.63. The van der Waals surface area contributed by atoms with Crippen LogP contribution in [0.5, 0.6) is 0 Å². The van der Waals surface area contributed by atoms with Crippen molar-refractivity contribution in [3.63, 3.8) is 0 Å². The first kappa shape index (κ1) is 21.1. The Balaban J connectivity index is 1.45. The van der Waals surface area contributed by atoms with E-state index in [4.69, 9.17) is 16.6 Å². The van der Waals surface area contributed by atoms with E-state index < -0.39 is 0 Å². The van der Waals surface area contributed by atoms with E-state index in [1.165, 1.54) is 6.07 Å². The third kappa shape index (κ3) is 5.12. The van der Waals surface area contributed by atoms with Gasteiger partial charge in [0.2, 0.25) is 5.91 Å². The van der Waals surface area contributed by atoms with Gasteiger partial charge < -0.3 is 9.88 Å². The number of para-hydroxylation sites is 2. The third-order valence-electron chi connectivity index (χ3n) is 5.27. The van der Waals surface area contributed by atoms with Crippen molar-refractivity contribution in [3.05, 3.63) is 101 Å². The first-order chi connectivity index (χ1) is 15.1. The van der Waals surface area contributed by atoms with Crippen LogP contribution in [-0.4, -0.2) is 22.0 Å². The zero-order valence-electron chi connectivity index (χ0n) is 17.0. The molecule has 0 radical (unpaired) electrons. The van der Waals surface area contributed by atoms with E-state index in [9.17, 15) is 9.18 Å². The predicted molar refractivity (Wildman–Crippen MR) is 122 cm³/mol. The summed E-state index contributed by atoms with van der Waals surface area (Å²) < 4.78 is 16.3. The van der Waals surface area contributed by atoms with Crippen molar-refractivity contribution in [2.75, 3.05) is 6.54 Å². The van der Waals surface area contributed by atoms with Crippen molar-refractivity contribution < 1.29 is 9.18 Å². The van der Waals surface area contributed by atoms with Crippen LogP contribution in [0.2, 0.25) is 5.02 Å². The van der Waals surface area contributed by atoms with Gasteiger partial charge >= 0.3 is 0 Å². The Morgan fingerprint density at radius 1 is 0.968 bits per heavy atom. The fourth-order valence-electron chi connectivity index (χ4n) is 3.64. The zero-order valence-corrected chi connectivity index (χ0v) is 17.8. The van der Waals surface area contributed by atoms with Gasteiger partial charge in [-0.1, -0.05) is 60.1 Å². The third-order valence-corrected chi connectivity index (χ3v) is 5.62. The molecule has 158 valence electrons. The van der Waals surface area contributed by atoms with Gasteiger partial charge in [0.1, 0.15) is 11.6 Å². The summed E-state index contributed by atoms with van der Waals surface area (Å²) in [6, 6.07) is 22.4. The molecule has 4 rings (SSSR count). The molecule has 0 spiro atoms. The molecule has 0 aliphatic rings. The molecular weight excluding hydrogens is 413 g/mol. The SMILES string of the molecule is O=C(CCc1ccccc1)NCCc1nc2ccccc2n1Cc1c(F)cccc1Cl. The molecule has 31 heavy (non-hydrogen) atoms. The maximum Gasteiger partial charge on any atom is 0.220 e. The summed E-state index contributed by atoms with van der Waals surface area (Å²) in [5.41, 5.74) is 3.31. The highest BCUT2D eigenvalue weighted by molar-refractivity contribution is 6.31. The highest BCUT2D eigenvalue weighted by atomic mass is 35.5. The van der Waals surface area contributed by atoms with Crippen LogP contribution in [0.25, 0.3) is 11.0 Å². The maximum absolute atomic E-state index is 14.4. The van der Waals surface area contributed by atoms with Crippen molar-refractivity contribution in [2.45, 2.75) is 25.8 Å². The molecule has 0 bridgehead atoms. The largest absolute Gasteiger partial charge is 0.356 e. The Labute approximate surface area is 185 Å². The lowest BCUT2D eigenvalue weighted by Gasteiger charge is -2.12. The summed E-state index contributed by atoms with van der Waals surface area (Å²) in [6.45, 7) is 0.741. The van der Waals surface area contributed by atoms with Gasteiger partial charge in [0, 0.05) is 30.0 Å². The molecule has 0 saturated carbocycles. The van der Waals surface area contributed by atoms with E-state index in [2.05, 4.69) is 5.32 Å². The summed E-state index contributed by atoms with van der Waals surface area (Å²) in [6.07, 6.45) is 1.68. The Bertz CT molecular complexity index is 1170. The number of rotatable bonds is 8. The summed E-state index contributed by atoms with van der Waals surface area (Å²) in [7, 11) is 0. The number of carbonyl (C=O) groups excluding carboxylic acids is 1. The van der Waals surface area contributed by atoms with Gasteiger partial charge in [-0.15, -0.1) is 0 Å². The average Bonchev–Trinajstić information content (AvgIpc) is 3.13. The Morgan fingerprint density at radius 3 is 2.55 bits per heavy atom. The lowest BCUT2D eigenvalue weighted by Crippen LogP contribution is -2.26. The van der Waals surface area contributed by atoms with Gasteiger partial charge in [-0.2, -0.15) is 0 Å². The number of amides is 1. The fraction of sp³-hybridized carbons (Fsp3) is 0.200. The smallest absolute Gasteiger partial charge is 0.220 e. The number of carbonyl (C=O) groups is 1. The lowest BCUT2D eigenvalue weighted by molar-refractivity contribution is -0.121.